The van der Waals surface area contributed by atoms with E-state index in [4.69, 9.17) is 10.5 Å². The molecule has 1 aliphatic carbocycles. The summed E-state index contributed by atoms with van der Waals surface area (Å²) < 4.78 is 19.9. The molecule has 0 heterocycles. The lowest BCUT2D eigenvalue weighted by Gasteiger charge is -2.34. The molecular weight excluding hydrogens is 297 g/mol. The van der Waals surface area contributed by atoms with Gasteiger partial charge < -0.3 is 10.5 Å². The largest absolute Gasteiger partial charge is 0.380 e. The van der Waals surface area contributed by atoms with Crippen LogP contribution in [0.1, 0.15) is 43.2 Å². The van der Waals surface area contributed by atoms with E-state index < -0.39 is 5.54 Å². The molecule has 0 radical (unpaired) electrons. The highest BCUT2D eigenvalue weighted by Gasteiger charge is 2.32. The van der Waals surface area contributed by atoms with E-state index in [0.717, 1.165) is 31.2 Å². The van der Waals surface area contributed by atoms with Gasteiger partial charge in [-0.2, -0.15) is 0 Å². The Morgan fingerprint density at radius 2 is 2.00 bits per heavy atom. The zero-order chi connectivity index (χ0) is 13.2. The maximum Gasteiger partial charge on any atom is 0.142 e. The van der Waals surface area contributed by atoms with Gasteiger partial charge in [0.15, 0.2) is 0 Å². The molecule has 1 aromatic rings. The first-order valence-corrected chi connectivity index (χ1v) is 7.12. The second-order valence-corrected chi connectivity index (χ2v) is 5.94. The summed E-state index contributed by atoms with van der Waals surface area (Å²) in [5.74, 6) is -0.223. The van der Waals surface area contributed by atoms with Crippen LogP contribution in [-0.2, 0) is 16.9 Å². The number of methoxy groups -OCH3 is 1. The van der Waals surface area contributed by atoms with Gasteiger partial charge in [-0.05, 0) is 46.5 Å². The monoisotopic (exact) mass is 315 g/mol. The van der Waals surface area contributed by atoms with Crippen LogP contribution >= 0.6 is 15.9 Å². The minimum Gasteiger partial charge on any atom is -0.380 e. The van der Waals surface area contributed by atoms with Gasteiger partial charge in [0.05, 0.1) is 11.1 Å². The lowest BCUT2D eigenvalue weighted by molar-refractivity contribution is 0.184. The Morgan fingerprint density at radius 1 is 1.33 bits per heavy atom. The third kappa shape index (κ3) is 2.76. The van der Waals surface area contributed by atoms with Crippen molar-refractivity contribution in [2.24, 2.45) is 5.73 Å². The fourth-order valence-electron chi connectivity index (χ4n) is 2.71. The van der Waals surface area contributed by atoms with Crippen LogP contribution in [0, 0.1) is 5.82 Å². The maximum absolute atomic E-state index is 14.3. The van der Waals surface area contributed by atoms with E-state index in [-0.39, 0.29) is 5.82 Å². The zero-order valence-electron chi connectivity index (χ0n) is 10.6. The van der Waals surface area contributed by atoms with Crippen LogP contribution in [-0.4, -0.2) is 7.11 Å². The summed E-state index contributed by atoms with van der Waals surface area (Å²) in [6.07, 6.45) is 5.04. The van der Waals surface area contributed by atoms with Crippen molar-refractivity contribution in [1.29, 1.82) is 0 Å². The topological polar surface area (TPSA) is 35.2 Å². The predicted molar refractivity (Wildman–Crippen MR) is 73.8 cm³/mol. The van der Waals surface area contributed by atoms with Crippen molar-refractivity contribution >= 4 is 15.9 Å². The number of benzene rings is 1. The number of nitrogens with two attached hydrogens (primary N) is 1. The van der Waals surface area contributed by atoms with Crippen molar-refractivity contribution in [3.63, 3.8) is 0 Å². The van der Waals surface area contributed by atoms with Gasteiger partial charge in [0, 0.05) is 18.2 Å². The smallest absolute Gasteiger partial charge is 0.142 e. The number of rotatable bonds is 3. The SMILES string of the molecule is COCc1cc(Br)c(F)c(C2(N)CCCCC2)c1. The van der Waals surface area contributed by atoms with Crippen LogP contribution in [0.2, 0.25) is 0 Å². The van der Waals surface area contributed by atoms with E-state index >= 15 is 0 Å². The van der Waals surface area contributed by atoms with Crippen LogP contribution in [0.3, 0.4) is 0 Å². The molecule has 0 spiro atoms. The zero-order valence-corrected chi connectivity index (χ0v) is 12.2. The van der Waals surface area contributed by atoms with Gasteiger partial charge in [0.1, 0.15) is 5.82 Å². The van der Waals surface area contributed by atoms with Crippen molar-refractivity contribution in [1.82, 2.24) is 0 Å². The molecule has 2 rings (SSSR count). The molecule has 100 valence electrons. The third-order valence-corrected chi connectivity index (χ3v) is 4.26. The molecular formula is C14H19BrFNO. The Hall–Kier alpha value is -0.450. The third-order valence-electron chi connectivity index (χ3n) is 3.68. The molecule has 0 aromatic heterocycles. The van der Waals surface area contributed by atoms with Crippen LogP contribution < -0.4 is 5.73 Å². The highest BCUT2D eigenvalue weighted by Crippen LogP contribution is 2.38. The number of hydrogen-bond donors (Lipinski definition) is 1. The Bertz CT molecular complexity index is 430. The molecule has 0 bridgehead atoms. The number of halogens is 2. The fraction of sp³-hybridized carbons (Fsp3) is 0.571. The molecule has 0 aliphatic heterocycles. The summed E-state index contributed by atoms with van der Waals surface area (Å²) in [6, 6.07) is 3.61. The average Bonchev–Trinajstić information content (AvgIpc) is 2.34. The first-order valence-electron chi connectivity index (χ1n) is 6.33. The summed E-state index contributed by atoms with van der Waals surface area (Å²) in [5.41, 5.74) is 7.48. The van der Waals surface area contributed by atoms with E-state index in [1.54, 1.807) is 13.2 Å². The van der Waals surface area contributed by atoms with Crippen molar-refractivity contribution in [3.05, 3.63) is 33.5 Å². The molecule has 1 aliphatic rings. The predicted octanol–water partition coefficient (Wildman–Crippen LogP) is 3.85. The average molecular weight is 316 g/mol. The van der Waals surface area contributed by atoms with Crippen molar-refractivity contribution in [2.45, 2.75) is 44.2 Å². The normalized spacial score (nSPS) is 18.9. The summed E-state index contributed by atoms with van der Waals surface area (Å²) in [5, 5.41) is 0. The Labute approximate surface area is 116 Å². The first kappa shape index (κ1) is 14.0. The Morgan fingerprint density at radius 3 is 2.61 bits per heavy atom. The lowest BCUT2D eigenvalue weighted by Crippen LogP contribution is -2.39. The molecule has 1 saturated carbocycles. The molecule has 0 atom stereocenters. The van der Waals surface area contributed by atoms with E-state index in [1.807, 2.05) is 6.07 Å². The van der Waals surface area contributed by atoms with Crippen molar-refractivity contribution in [2.75, 3.05) is 7.11 Å². The molecule has 1 fully saturated rings. The van der Waals surface area contributed by atoms with E-state index in [9.17, 15) is 4.39 Å². The molecule has 4 heteroatoms. The van der Waals surface area contributed by atoms with Gasteiger partial charge in [-0.1, -0.05) is 19.3 Å². The molecule has 0 saturated heterocycles. The molecule has 18 heavy (non-hydrogen) atoms. The number of ether oxygens (including phenoxy) is 1. The van der Waals surface area contributed by atoms with Crippen LogP contribution in [0.5, 0.6) is 0 Å². The maximum atomic E-state index is 14.3. The lowest BCUT2D eigenvalue weighted by atomic mass is 9.77. The molecule has 1 aromatic carbocycles. The van der Waals surface area contributed by atoms with E-state index in [1.165, 1.54) is 6.42 Å². The van der Waals surface area contributed by atoms with Gasteiger partial charge in [-0.3, -0.25) is 0 Å². The van der Waals surface area contributed by atoms with Crippen LogP contribution in [0.25, 0.3) is 0 Å². The van der Waals surface area contributed by atoms with Gasteiger partial charge in [-0.15, -0.1) is 0 Å². The summed E-state index contributed by atoms with van der Waals surface area (Å²) in [4.78, 5) is 0. The number of hydrogen-bond acceptors (Lipinski definition) is 2. The molecule has 0 unspecified atom stereocenters. The highest BCUT2D eigenvalue weighted by atomic mass is 79.9. The molecule has 2 N–H and O–H groups in total. The van der Waals surface area contributed by atoms with Gasteiger partial charge in [0.25, 0.3) is 0 Å². The van der Waals surface area contributed by atoms with Gasteiger partial charge >= 0.3 is 0 Å². The van der Waals surface area contributed by atoms with Gasteiger partial charge in [0.2, 0.25) is 0 Å². The second-order valence-electron chi connectivity index (χ2n) is 5.09. The Kier molecular flexibility index (Phi) is 4.41. The van der Waals surface area contributed by atoms with Crippen molar-refractivity contribution < 1.29 is 9.13 Å². The van der Waals surface area contributed by atoms with E-state index in [2.05, 4.69) is 15.9 Å². The Balaban J connectivity index is 2.41. The highest BCUT2D eigenvalue weighted by molar-refractivity contribution is 9.10. The minimum atomic E-state index is -0.519. The second kappa shape index (κ2) is 5.68. The quantitative estimate of drug-likeness (QED) is 0.919. The van der Waals surface area contributed by atoms with Crippen LogP contribution in [0.4, 0.5) is 4.39 Å². The first-order chi connectivity index (χ1) is 8.57. The summed E-state index contributed by atoms with van der Waals surface area (Å²) in [6.45, 7) is 0.474. The van der Waals surface area contributed by atoms with Gasteiger partial charge in [-0.25, -0.2) is 4.39 Å². The summed E-state index contributed by atoms with van der Waals surface area (Å²) in [7, 11) is 1.63. The standard InChI is InChI=1S/C14H19BrFNO/c1-18-9-10-7-11(13(16)12(15)8-10)14(17)5-3-2-4-6-14/h7-8H,2-6,9,17H2,1H3. The molecule has 2 nitrogen and oxygen atoms in total. The van der Waals surface area contributed by atoms with Crippen molar-refractivity contribution in [3.8, 4) is 0 Å². The van der Waals surface area contributed by atoms with E-state index in [0.29, 0.717) is 16.6 Å². The molecule has 0 amide bonds. The van der Waals surface area contributed by atoms with Crippen LogP contribution in [0.15, 0.2) is 16.6 Å². The summed E-state index contributed by atoms with van der Waals surface area (Å²) >= 11 is 3.27. The minimum absolute atomic E-state index is 0.223. The fourth-order valence-corrected chi connectivity index (χ4v) is 3.22.